The van der Waals surface area contributed by atoms with Gasteiger partial charge in [-0.25, -0.2) is 0 Å². The first-order chi connectivity index (χ1) is 6.22. The van der Waals surface area contributed by atoms with Crippen LogP contribution < -0.4 is 0 Å². The van der Waals surface area contributed by atoms with Crippen LogP contribution in [-0.2, 0) is 0 Å². The maximum Gasteiger partial charge on any atom is -0.0443 e. The Kier molecular flexibility index (Phi) is 17.3. The molecule has 0 bridgehead atoms. The van der Waals surface area contributed by atoms with Gasteiger partial charge in [-0.15, -0.1) is 0 Å². The Labute approximate surface area is 86.1 Å². The highest BCUT2D eigenvalue weighted by Crippen LogP contribution is 2.22. The van der Waals surface area contributed by atoms with Crippen LogP contribution in [0.3, 0.4) is 0 Å². The molecule has 0 amide bonds. The normalized spacial score (nSPS) is 15.5. The van der Waals surface area contributed by atoms with Crippen LogP contribution in [0.4, 0.5) is 0 Å². The van der Waals surface area contributed by atoms with Gasteiger partial charge in [0.2, 0.25) is 0 Å². The van der Waals surface area contributed by atoms with Crippen molar-refractivity contribution >= 4 is 0 Å². The van der Waals surface area contributed by atoms with Gasteiger partial charge in [0.1, 0.15) is 0 Å². The van der Waals surface area contributed by atoms with Crippen LogP contribution in [0.2, 0.25) is 0 Å². The molecule has 0 radical (unpaired) electrons. The smallest absolute Gasteiger partial charge is 0.0443 e. The van der Waals surface area contributed by atoms with E-state index in [-0.39, 0.29) is 0 Å². The van der Waals surface area contributed by atoms with Gasteiger partial charge in [-0.05, 0) is 5.92 Å². The summed E-state index contributed by atoms with van der Waals surface area (Å²) in [4.78, 5) is 0. The van der Waals surface area contributed by atoms with E-state index in [1.54, 1.807) is 0 Å². The molecule has 0 heteroatoms. The summed E-state index contributed by atoms with van der Waals surface area (Å²) >= 11 is 0. The second-order valence-corrected chi connectivity index (χ2v) is 4.10. The molecule has 0 N–H and O–H groups in total. The van der Waals surface area contributed by atoms with Crippen LogP contribution in [-0.4, -0.2) is 0 Å². The predicted octanol–water partition coefficient (Wildman–Crippen LogP) is 5.42. The molecule has 0 unspecified atom stereocenters. The minimum atomic E-state index is 1.05. The summed E-state index contributed by atoms with van der Waals surface area (Å²) in [5.41, 5.74) is 0. The first-order valence-corrected chi connectivity index (χ1v) is 6.22. The predicted molar refractivity (Wildman–Crippen MR) is 64.2 cm³/mol. The van der Waals surface area contributed by atoms with Gasteiger partial charge in [-0.3, -0.25) is 0 Å². The highest BCUT2D eigenvalue weighted by Gasteiger charge is 2.07. The van der Waals surface area contributed by atoms with Gasteiger partial charge in [0.15, 0.2) is 0 Å². The quantitative estimate of drug-likeness (QED) is 0.513. The lowest BCUT2D eigenvalue weighted by atomic mass is 10.2. The van der Waals surface area contributed by atoms with Crippen LogP contribution in [0.5, 0.6) is 0 Å². The molecule has 0 nitrogen and oxygen atoms in total. The van der Waals surface area contributed by atoms with E-state index in [1.165, 1.54) is 44.9 Å². The summed E-state index contributed by atoms with van der Waals surface area (Å²) in [6.45, 7) is 11.0. The molecule has 1 fully saturated rings. The minimum Gasteiger partial charge on any atom is -0.0656 e. The van der Waals surface area contributed by atoms with E-state index in [1.807, 2.05) is 0 Å². The second-order valence-electron chi connectivity index (χ2n) is 4.10. The molecule has 0 spiro atoms. The number of hydrogen-bond acceptors (Lipinski definition) is 0. The molecule has 0 aromatic rings. The van der Waals surface area contributed by atoms with Gasteiger partial charge in [0.25, 0.3) is 0 Å². The average molecular weight is 186 g/mol. The SMILES string of the molecule is CC1CCCC1.CCC.CCCC. The van der Waals surface area contributed by atoms with Gasteiger partial charge in [-0.1, -0.05) is 79.6 Å². The van der Waals surface area contributed by atoms with Crippen molar-refractivity contribution in [1.82, 2.24) is 0 Å². The Balaban J connectivity index is 0. The molecule has 0 aromatic carbocycles. The molecule has 82 valence electrons. The van der Waals surface area contributed by atoms with Crippen LogP contribution in [0.15, 0.2) is 0 Å². The molecule has 1 saturated carbocycles. The zero-order chi connectivity index (χ0) is 10.5. The van der Waals surface area contributed by atoms with Crippen molar-refractivity contribution in [3.05, 3.63) is 0 Å². The zero-order valence-electron chi connectivity index (χ0n) is 10.5. The lowest BCUT2D eigenvalue weighted by Gasteiger charge is -1.91. The molecule has 0 heterocycles. The molecule has 0 aromatic heterocycles. The van der Waals surface area contributed by atoms with E-state index in [0.717, 1.165) is 5.92 Å². The van der Waals surface area contributed by atoms with Crippen LogP contribution in [0.25, 0.3) is 0 Å². The fourth-order valence-electron chi connectivity index (χ4n) is 1.13. The van der Waals surface area contributed by atoms with Crippen LogP contribution in [0, 0.1) is 5.92 Å². The summed E-state index contributed by atoms with van der Waals surface area (Å²) in [6, 6.07) is 0. The van der Waals surface area contributed by atoms with Crippen molar-refractivity contribution in [2.24, 2.45) is 5.92 Å². The summed E-state index contributed by atoms with van der Waals surface area (Å²) in [5.74, 6) is 1.05. The fraction of sp³-hybridized carbons (Fsp3) is 1.00. The van der Waals surface area contributed by atoms with Gasteiger partial charge >= 0.3 is 0 Å². The van der Waals surface area contributed by atoms with Crippen molar-refractivity contribution in [3.8, 4) is 0 Å². The lowest BCUT2D eigenvalue weighted by Crippen LogP contribution is -1.78. The van der Waals surface area contributed by atoms with E-state index in [4.69, 9.17) is 0 Å². The molecule has 1 rings (SSSR count). The molecule has 1 aliphatic rings. The number of rotatable bonds is 1. The summed E-state index contributed by atoms with van der Waals surface area (Å²) in [7, 11) is 0. The van der Waals surface area contributed by atoms with E-state index >= 15 is 0 Å². The van der Waals surface area contributed by atoms with Gasteiger partial charge in [0.05, 0.1) is 0 Å². The summed E-state index contributed by atoms with van der Waals surface area (Å²) < 4.78 is 0. The molecular weight excluding hydrogens is 156 g/mol. The third-order valence-corrected chi connectivity index (χ3v) is 2.14. The van der Waals surface area contributed by atoms with Crippen LogP contribution >= 0.6 is 0 Å². The Morgan fingerprint density at radius 1 is 0.846 bits per heavy atom. The molecule has 0 atom stereocenters. The fourth-order valence-corrected chi connectivity index (χ4v) is 1.13. The monoisotopic (exact) mass is 186 g/mol. The van der Waals surface area contributed by atoms with E-state index < -0.39 is 0 Å². The number of unbranched alkanes of at least 4 members (excludes halogenated alkanes) is 1. The van der Waals surface area contributed by atoms with E-state index in [0.29, 0.717) is 0 Å². The first kappa shape index (κ1) is 15.5. The van der Waals surface area contributed by atoms with E-state index in [2.05, 4.69) is 34.6 Å². The second kappa shape index (κ2) is 14.5. The average Bonchev–Trinajstić information content (AvgIpc) is 2.58. The van der Waals surface area contributed by atoms with Gasteiger partial charge in [-0.2, -0.15) is 0 Å². The van der Waals surface area contributed by atoms with E-state index in [9.17, 15) is 0 Å². The Morgan fingerprint density at radius 3 is 1.23 bits per heavy atom. The molecule has 0 saturated heterocycles. The van der Waals surface area contributed by atoms with Crippen molar-refractivity contribution in [2.75, 3.05) is 0 Å². The van der Waals surface area contributed by atoms with Crippen molar-refractivity contribution < 1.29 is 0 Å². The zero-order valence-corrected chi connectivity index (χ0v) is 10.5. The standard InChI is InChI=1S/C6H12.C4H10.C3H8/c1-6-4-2-3-5-6;1-3-4-2;1-3-2/h6H,2-5H2,1H3;3-4H2,1-2H3;3H2,1-2H3. The van der Waals surface area contributed by atoms with Crippen LogP contribution in [0.1, 0.15) is 79.6 Å². The number of hydrogen-bond donors (Lipinski definition) is 0. The Hall–Kier alpha value is 0. The molecule has 13 heavy (non-hydrogen) atoms. The Morgan fingerprint density at radius 2 is 1.15 bits per heavy atom. The van der Waals surface area contributed by atoms with Gasteiger partial charge in [0, 0.05) is 0 Å². The Bertz CT molecular complexity index is 58.4. The molecule has 0 aliphatic heterocycles. The highest BCUT2D eigenvalue weighted by molar-refractivity contribution is 4.60. The third-order valence-electron chi connectivity index (χ3n) is 2.14. The van der Waals surface area contributed by atoms with Crippen molar-refractivity contribution in [2.45, 2.75) is 79.6 Å². The maximum atomic E-state index is 2.34. The third kappa shape index (κ3) is 18.8. The maximum absolute atomic E-state index is 2.34. The summed E-state index contributed by atoms with van der Waals surface area (Å²) in [5, 5.41) is 0. The highest BCUT2D eigenvalue weighted by atomic mass is 14.1. The topological polar surface area (TPSA) is 0 Å². The lowest BCUT2D eigenvalue weighted by molar-refractivity contribution is 0.612. The van der Waals surface area contributed by atoms with Gasteiger partial charge < -0.3 is 0 Å². The largest absolute Gasteiger partial charge is 0.0656 e. The first-order valence-electron chi connectivity index (χ1n) is 6.22. The summed E-state index contributed by atoms with van der Waals surface area (Å²) in [6.07, 6.45) is 9.84. The molecular formula is C13H30. The molecule has 1 aliphatic carbocycles. The minimum absolute atomic E-state index is 1.05. The van der Waals surface area contributed by atoms with Crippen molar-refractivity contribution in [1.29, 1.82) is 0 Å². The van der Waals surface area contributed by atoms with Crippen molar-refractivity contribution in [3.63, 3.8) is 0 Å².